The molecule has 2 nitrogen and oxygen atoms in total. The molecule has 0 heterocycles. The smallest absolute Gasteiger partial charge is 0.0580 e. The number of rotatable bonds is 4. The predicted molar refractivity (Wildman–Crippen MR) is 67.4 cm³/mol. The van der Waals surface area contributed by atoms with E-state index in [-0.39, 0.29) is 6.10 Å². The Hall–Kier alpha value is -0.0800. The Morgan fingerprint density at radius 3 is 2.62 bits per heavy atom. The van der Waals surface area contributed by atoms with Crippen molar-refractivity contribution in [1.82, 2.24) is 5.32 Å². The molecule has 2 aliphatic carbocycles. The minimum absolute atomic E-state index is 0.0374. The largest absolute Gasteiger partial charge is 0.393 e. The highest BCUT2D eigenvalue weighted by Crippen LogP contribution is 2.29. The van der Waals surface area contributed by atoms with E-state index in [1.54, 1.807) is 0 Å². The van der Waals surface area contributed by atoms with Crippen LogP contribution in [0.4, 0.5) is 0 Å². The van der Waals surface area contributed by atoms with Crippen molar-refractivity contribution >= 4 is 0 Å². The predicted octanol–water partition coefficient (Wildman–Crippen LogP) is 2.71. The first-order valence-electron chi connectivity index (χ1n) is 7.21. The van der Waals surface area contributed by atoms with Crippen LogP contribution in [-0.2, 0) is 0 Å². The Morgan fingerprint density at radius 2 is 1.94 bits per heavy atom. The monoisotopic (exact) mass is 225 g/mol. The third-order valence-corrected chi connectivity index (χ3v) is 4.66. The summed E-state index contributed by atoms with van der Waals surface area (Å²) in [6.45, 7) is 3.35. The number of aliphatic hydroxyl groups is 1. The van der Waals surface area contributed by atoms with E-state index in [1.165, 1.54) is 44.9 Å². The molecule has 2 aliphatic rings. The van der Waals surface area contributed by atoms with Crippen LogP contribution in [0.3, 0.4) is 0 Å². The van der Waals surface area contributed by atoms with Crippen LogP contribution in [0, 0.1) is 11.8 Å². The molecule has 0 aromatic heterocycles. The minimum atomic E-state index is -0.0374. The van der Waals surface area contributed by atoms with Gasteiger partial charge in [0.15, 0.2) is 0 Å². The van der Waals surface area contributed by atoms with E-state index in [1.807, 2.05) is 0 Å². The van der Waals surface area contributed by atoms with E-state index < -0.39 is 0 Å². The summed E-state index contributed by atoms with van der Waals surface area (Å²) in [5.41, 5.74) is 0. The second kappa shape index (κ2) is 6.02. The average molecular weight is 225 g/mol. The van der Waals surface area contributed by atoms with E-state index in [4.69, 9.17) is 0 Å². The fraction of sp³-hybridized carbons (Fsp3) is 1.00. The van der Waals surface area contributed by atoms with Gasteiger partial charge in [-0.1, -0.05) is 26.2 Å². The zero-order valence-electron chi connectivity index (χ0n) is 10.6. The number of hydrogen-bond acceptors (Lipinski definition) is 2. The zero-order valence-corrected chi connectivity index (χ0v) is 10.6. The first kappa shape index (κ1) is 12.4. The van der Waals surface area contributed by atoms with Crippen molar-refractivity contribution < 1.29 is 5.11 Å². The van der Waals surface area contributed by atoms with E-state index in [0.29, 0.717) is 5.92 Å². The van der Waals surface area contributed by atoms with Gasteiger partial charge in [-0.05, 0) is 43.9 Å². The SMILES string of the molecule is CCC1CCC(NCC2CCCCC2O)C1. The van der Waals surface area contributed by atoms with Gasteiger partial charge in [-0.2, -0.15) is 0 Å². The van der Waals surface area contributed by atoms with E-state index in [2.05, 4.69) is 12.2 Å². The molecule has 16 heavy (non-hydrogen) atoms. The van der Waals surface area contributed by atoms with Crippen molar-refractivity contribution in [3.8, 4) is 0 Å². The Labute approximate surface area is 99.8 Å². The van der Waals surface area contributed by atoms with Crippen LogP contribution >= 0.6 is 0 Å². The zero-order chi connectivity index (χ0) is 11.4. The second-order valence-corrected chi connectivity index (χ2v) is 5.80. The highest BCUT2D eigenvalue weighted by Gasteiger charge is 2.26. The van der Waals surface area contributed by atoms with Gasteiger partial charge in [0.2, 0.25) is 0 Å². The fourth-order valence-electron chi connectivity index (χ4n) is 3.38. The van der Waals surface area contributed by atoms with Crippen molar-refractivity contribution in [3.63, 3.8) is 0 Å². The first-order chi connectivity index (χ1) is 7.79. The Kier molecular flexibility index (Phi) is 4.66. The van der Waals surface area contributed by atoms with E-state index >= 15 is 0 Å². The molecule has 4 atom stereocenters. The van der Waals surface area contributed by atoms with Crippen molar-refractivity contribution in [2.24, 2.45) is 11.8 Å². The van der Waals surface area contributed by atoms with Crippen molar-refractivity contribution in [2.45, 2.75) is 70.4 Å². The quantitative estimate of drug-likeness (QED) is 0.771. The summed E-state index contributed by atoms with van der Waals surface area (Å²) in [6, 6.07) is 0.735. The summed E-state index contributed by atoms with van der Waals surface area (Å²) >= 11 is 0. The molecule has 94 valence electrons. The Bertz CT molecular complexity index is 207. The number of aliphatic hydroxyl groups excluding tert-OH is 1. The summed E-state index contributed by atoms with van der Waals surface area (Å²) in [4.78, 5) is 0. The van der Waals surface area contributed by atoms with Crippen molar-refractivity contribution in [3.05, 3.63) is 0 Å². The molecule has 2 rings (SSSR count). The maximum absolute atomic E-state index is 9.90. The minimum Gasteiger partial charge on any atom is -0.393 e. The van der Waals surface area contributed by atoms with Gasteiger partial charge in [-0.15, -0.1) is 0 Å². The third-order valence-electron chi connectivity index (χ3n) is 4.66. The Morgan fingerprint density at radius 1 is 1.12 bits per heavy atom. The van der Waals surface area contributed by atoms with Crippen LogP contribution in [-0.4, -0.2) is 23.8 Å². The molecule has 2 N–H and O–H groups in total. The first-order valence-corrected chi connectivity index (χ1v) is 7.21. The molecule has 2 fully saturated rings. The fourth-order valence-corrected chi connectivity index (χ4v) is 3.38. The molecule has 0 aromatic carbocycles. The molecule has 0 aliphatic heterocycles. The van der Waals surface area contributed by atoms with Crippen molar-refractivity contribution in [2.75, 3.05) is 6.54 Å². The maximum atomic E-state index is 9.90. The molecular weight excluding hydrogens is 198 g/mol. The van der Waals surface area contributed by atoms with E-state index in [9.17, 15) is 5.11 Å². The molecule has 0 amide bonds. The molecule has 4 unspecified atom stereocenters. The molecule has 0 spiro atoms. The highest BCUT2D eigenvalue weighted by molar-refractivity contribution is 4.83. The average Bonchev–Trinajstić information content (AvgIpc) is 2.76. The normalized spacial score (nSPS) is 40.1. The lowest BCUT2D eigenvalue weighted by Crippen LogP contribution is -2.37. The number of nitrogens with one attached hydrogen (secondary N) is 1. The highest BCUT2D eigenvalue weighted by atomic mass is 16.3. The van der Waals surface area contributed by atoms with Crippen LogP contribution in [0.5, 0.6) is 0 Å². The van der Waals surface area contributed by atoms with Gasteiger partial charge in [0.25, 0.3) is 0 Å². The van der Waals surface area contributed by atoms with Crippen LogP contribution in [0.15, 0.2) is 0 Å². The molecule has 2 saturated carbocycles. The summed E-state index contributed by atoms with van der Waals surface area (Å²) < 4.78 is 0. The topological polar surface area (TPSA) is 32.3 Å². The van der Waals surface area contributed by atoms with Gasteiger partial charge in [0.1, 0.15) is 0 Å². The lowest BCUT2D eigenvalue weighted by molar-refractivity contribution is 0.0681. The standard InChI is InChI=1S/C14H27NO/c1-2-11-7-8-13(9-11)15-10-12-5-3-4-6-14(12)16/h11-16H,2-10H2,1H3. The second-order valence-electron chi connectivity index (χ2n) is 5.80. The Balaban J connectivity index is 1.67. The summed E-state index contributed by atoms with van der Waals surface area (Å²) in [7, 11) is 0. The molecule has 2 heteroatoms. The molecule has 0 saturated heterocycles. The van der Waals surface area contributed by atoms with Gasteiger partial charge in [-0.25, -0.2) is 0 Å². The lowest BCUT2D eigenvalue weighted by Gasteiger charge is -2.29. The van der Waals surface area contributed by atoms with Crippen molar-refractivity contribution in [1.29, 1.82) is 0 Å². The van der Waals surface area contributed by atoms with Crippen LogP contribution < -0.4 is 5.32 Å². The van der Waals surface area contributed by atoms with Gasteiger partial charge < -0.3 is 10.4 Å². The van der Waals surface area contributed by atoms with E-state index in [0.717, 1.165) is 24.9 Å². The van der Waals surface area contributed by atoms with Crippen LogP contribution in [0.2, 0.25) is 0 Å². The maximum Gasteiger partial charge on any atom is 0.0580 e. The van der Waals surface area contributed by atoms with Gasteiger partial charge in [0, 0.05) is 12.6 Å². The van der Waals surface area contributed by atoms with Crippen LogP contribution in [0.1, 0.15) is 58.3 Å². The number of hydrogen-bond donors (Lipinski definition) is 2. The molecular formula is C14H27NO. The van der Waals surface area contributed by atoms with Gasteiger partial charge >= 0.3 is 0 Å². The summed E-state index contributed by atoms with van der Waals surface area (Å²) in [5.74, 6) is 1.48. The van der Waals surface area contributed by atoms with Crippen LogP contribution in [0.25, 0.3) is 0 Å². The molecule has 0 radical (unpaired) electrons. The summed E-state index contributed by atoms with van der Waals surface area (Å²) in [6.07, 6.45) is 10.2. The lowest BCUT2D eigenvalue weighted by atomic mass is 9.86. The molecule has 0 bridgehead atoms. The van der Waals surface area contributed by atoms with Gasteiger partial charge in [-0.3, -0.25) is 0 Å². The van der Waals surface area contributed by atoms with Gasteiger partial charge in [0.05, 0.1) is 6.10 Å². The molecule has 0 aromatic rings. The third kappa shape index (κ3) is 3.21. The summed E-state index contributed by atoms with van der Waals surface area (Å²) in [5, 5.41) is 13.6.